The summed E-state index contributed by atoms with van der Waals surface area (Å²) in [6.07, 6.45) is 3.77. The summed E-state index contributed by atoms with van der Waals surface area (Å²) in [6, 6.07) is 17.6. The number of carbonyl (C=O) groups excluding carboxylic acids is 1. The molecule has 6 nitrogen and oxygen atoms in total. The lowest BCUT2D eigenvalue weighted by Gasteiger charge is -2.31. The molecule has 0 N–H and O–H groups in total. The van der Waals surface area contributed by atoms with Gasteiger partial charge >= 0.3 is 0 Å². The summed E-state index contributed by atoms with van der Waals surface area (Å²) in [6.45, 7) is 1.42. The van der Waals surface area contributed by atoms with Crippen LogP contribution in [0.3, 0.4) is 0 Å². The lowest BCUT2D eigenvalue weighted by atomic mass is 9.95. The van der Waals surface area contributed by atoms with E-state index in [1.807, 2.05) is 70.1 Å². The van der Waals surface area contributed by atoms with Gasteiger partial charge in [-0.2, -0.15) is 0 Å². The molecule has 1 saturated heterocycles. The van der Waals surface area contributed by atoms with Gasteiger partial charge in [0, 0.05) is 30.6 Å². The molecule has 3 aromatic heterocycles. The van der Waals surface area contributed by atoms with Crippen LogP contribution in [0.2, 0.25) is 0 Å². The number of piperidine rings is 1. The van der Waals surface area contributed by atoms with E-state index in [0.717, 1.165) is 35.2 Å². The second-order valence-electron chi connectivity index (χ2n) is 6.94. The molecule has 0 saturated carbocycles. The summed E-state index contributed by atoms with van der Waals surface area (Å²) in [5, 5.41) is 9.67. The van der Waals surface area contributed by atoms with Gasteiger partial charge in [0.15, 0.2) is 5.65 Å². The van der Waals surface area contributed by atoms with E-state index in [2.05, 4.69) is 15.2 Å². The number of pyridine rings is 2. The Bertz CT molecular complexity index is 1130. The topological polar surface area (TPSA) is 63.4 Å². The van der Waals surface area contributed by atoms with E-state index < -0.39 is 0 Å². The molecule has 0 unspecified atom stereocenters. The number of hydrogen-bond donors (Lipinski definition) is 0. The van der Waals surface area contributed by atoms with E-state index in [4.69, 9.17) is 0 Å². The normalized spacial score (nSPS) is 15.5. The summed E-state index contributed by atoms with van der Waals surface area (Å²) in [7, 11) is 0. The smallest absolute Gasteiger partial charge is 0.272 e. The van der Waals surface area contributed by atoms with E-state index in [9.17, 15) is 4.79 Å². The van der Waals surface area contributed by atoms with Crippen LogP contribution in [-0.4, -0.2) is 43.5 Å². The maximum absolute atomic E-state index is 12.9. The van der Waals surface area contributed by atoms with Crippen molar-refractivity contribution in [2.24, 2.45) is 0 Å². The minimum atomic E-state index is 0.00491. The van der Waals surface area contributed by atoms with Crippen LogP contribution in [0.4, 0.5) is 0 Å². The third-order valence-electron chi connectivity index (χ3n) is 5.30. The van der Waals surface area contributed by atoms with Crippen molar-refractivity contribution in [2.75, 3.05) is 13.1 Å². The number of aromatic nitrogens is 4. The van der Waals surface area contributed by atoms with Gasteiger partial charge in [0.25, 0.3) is 5.91 Å². The molecule has 134 valence electrons. The number of rotatable bonds is 2. The van der Waals surface area contributed by atoms with Gasteiger partial charge in [-0.1, -0.05) is 30.3 Å². The van der Waals surface area contributed by atoms with Crippen molar-refractivity contribution in [3.8, 4) is 0 Å². The van der Waals surface area contributed by atoms with E-state index in [1.165, 1.54) is 0 Å². The number of carbonyl (C=O) groups is 1. The van der Waals surface area contributed by atoms with Crippen LogP contribution in [0.1, 0.15) is 35.1 Å². The van der Waals surface area contributed by atoms with Crippen LogP contribution >= 0.6 is 0 Å². The molecule has 1 aliphatic rings. The average molecular weight is 357 g/mol. The lowest BCUT2D eigenvalue weighted by Crippen LogP contribution is -2.38. The van der Waals surface area contributed by atoms with Crippen LogP contribution in [0.25, 0.3) is 16.6 Å². The van der Waals surface area contributed by atoms with Crippen molar-refractivity contribution in [3.63, 3.8) is 0 Å². The third kappa shape index (κ3) is 2.83. The fourth-order valence-corrected chi connectivity index (χ4v) is 3.83. The van der Waals surface area contributed by atoms with E-state index in [-0.39, 0.29) is 5.91 Å². The van der Waals surface area contributed by atoms with Gasteiger partial charge in [-0.05, 0) is 37.1 Å². The number of nitrogens with zero attached hydrogens (tertiary/aromatic N) is 5. The zero-order chi connectivity index (χ0) is 18.2. The van der Waals surface area contributed by atoms with Gasteiger partial charge in [0.2, 0.25) is 0 Å². The monoisotopic (exact) mass is 357 g/mol. The second-order valence-corrected chi connectivity index (χ2v) is 6.94. The largest absolute Gasteiger partial charge is 0.337 e. The van der Waals surface area contributed by atoms with E-state index in [1.54, 1.807) is 0 Å². The Hall–Kier alpha value is -3.28. The number of likely N-dealkylation sites (tertiary alicyclic amines) is 1. The molecule has 0 radical (unpaired) electrons. The van der Waals surface area contributed by atoms with Crippen molar-refractivity contribution >= 4 is 22.5 Å². The molecular weight excluding hydrogens is 338 g/mol. The Morgan fingerprint density at radius 3 is 2.63 bits per heavy atom. The third-order valence-corrected chi connectivity index (χ3v) is 5.30. The highest BCUT2D eigenvalue weighted by molar-refractivity contribution is 5.95. The summed E-state index contributed by atoms with van der Waals surface area (Å²) in [4.78, 5) is 19.3. The SMILES string of the molecule is O=C(c1ccc2ccccc2n1)N1CCC(c2nnc3ccccn23)CC1. The zero-order valence-corrected chi connectivity index (χ0v) is 14.8. The van der Waals surface area contributed by atoms with Gasteiger partial charge in [0.1, 0.15) is 11.5 Å². The quantitative estimate of drug-likeness (QED) is 0.552. The van der Waals surface area contributed by atoms with Crippen molar-refractivity contribution in [2.45, 2.75) is 18.8 Å². The zero-order valence-electron chi connectivity index (χ0n) is 14.8. The Labute approximate surface area is 156 Å². The number of fused-ring (bicyclic) bond motifs is 2. The van der Waals surface area contributed by atoms with Crippen molar-refractivity contribution in [1.29, 1.82) is 0 Å². The van der Waals surface area contributed by atoms with Gasteiger partial charge in [-0.15, -0.1) is 10.2 Å². The number of benzene rings is 1. The van der Waals surface area contributed by atoms with Crippen molar-refractivity contribution in [3.05, 3.63) is 72.3 Å². The van der Waals surface area contributed by atoms with Crippen LogP contribution < -0.4 is 0 Å². The van der Waals surface area contributed by atoms with E-state index >= 15 is 0 Å². The van der Waals surface area contributed by atoms with Crippen LogP contribution in [0.15, 0.2) is 60.8 Å². The Morgan fingerprint density at radius 2 is 1.74 bits per heavy atom. The summed E-state index contributed by atoms with van der Waals surface area (Å²) >= 11 is 0. The molecule has 4 heterocycles. The number of para-hydroxylation sites is 1. The highest BCUT2D eigenvalue weighted by Crippen LogP contribution is 2.27. The minimum absolute atomic E-state index is 0.00491. The molecule has 1 aromatic carbocycles. The fraction of sp³-hybridized carbons (Fsp3) is 0.238. The van der Waals surface area contributed by atoms with Crippen LogP contribution in [0, 0.1) is 0 Å². The highest BCUT2D eigenvalue weighted by atomic mass is 16.2. The molecule has 1 amide bonds. The highest BCUT2D eigenvalue weighted by Gasteiger charge is 2.27. The molecule has 0 aliphatic carbocycles. The lowest BCUT2D eigenvalue weighted by molar-refractivity contribution is 0.0705. The molecule has 27 heavy (non-hydrogen) atoms. The number of amides is 1. The summed E-state index contributed by atoms with van der Waals surface area (Å²) in [5.74, 6) is 1.31. The van der Waals surface area contributed by atoms with Crippen LogP contribution in [0.5, 0.6) is 0 Å². The molecule has 4 aromatic rings. The molecule has 0 atom stereocenters. The first-order chi connectivity index (χ1) is 13.3. The second kappa shape index (κ2) is 6.46. The molecule has 0 spiro atoms. The van der Waals surface area contributed by atoms with Gasteiger partial charge in [-0.3, -0.25) is 9.20 Å². The Morgan fingerprint density at radius 1 is 0.926 bits per heavy atom. The van der Waals surface area contributed by atoms with E-state index in [0.29, 0.717) is 24.7 Å². The summed E-state index contributed by atoms with van der Waals surface area (Å²) < 4.78 is 2.05. The Kier molecular flexibility index (Phi) is 3.81. The van der Waals surface area contributed by atoms with Gasteiger partial charge in [-0.25, -0.2) is 4.98 Å². The molecule has 1 fully saturated rings. The van der Waals surface area contributed by atoms with Gasteiger partial charge in [0.05, 0.1) is 5.52 Å². The maximum atomic E-state index is 12.9. The standard InChI is InChI=1S/C21H19N5O/c27-21(18-9-8-15-5-1-2-6-17(15)22-18)25-13-10-16(11-14-25)20-24-23-19-7-3-4-12-26(19)20/h1-9,12,16H,10-11,13-14H2. The summed E-state index contributed by atoms with van der Waals surface area (Å²) in [5.41, 5.74) is 2.24. The fourth-order valence-electron chi connectivity index (χ4n) is 3.83. The van der Waals surface area contributed by atoms with Crippen molar-refractivity contribution < 1.29 is 4.79 Å². The molecule has 1 aliphatic heterocycles. The molecular formula is C21H19N5O. The van der Waals surface area contributed by atoms with Crippen molar-refractivity contribution in [1.82, 2.24) is 24.5 Å². The average Bonchev–Trinajstić information content (AvgIpc) is 3.17. The molecule has 5 rings (SSSR count). The Balaban J connectivity index is 1.32. The first kappa shape index (κ1) is 15.9. The van der Waals surface area contributed by atoms with Gasteiger partial charge < -0.3 is 4.90 Å². The predicted molar refractivity (Wildman–Crippen MR) is 103 cm³/mol. The first-order valence-corrected chi connectivity index (χ1v) is 9.24. The molecule has 6 heteroatoms. The first-order valence-electron chi connectivity index (χ1n) is 9.24. The number of hydrogen-bond acceptors (Lipinski definition) is 4. The predicted octanol–water partition coefficient (Wildman–Crippen LogP) is 3.30. The minimum Gasteiger partial charge on any atom is -0.337 e. The molecule has 0 bridgehead atoms. The maximum Gasteiger partial charge on any atom is 0.272 e. The van der Waals surface area contributed by atoms with Crippen LogP contribution in [-0.2, 0) is 0 Å².